The molecule has 2 aliphatic heterocycles. The van der Waals surface area contributed by atoms with E-state index in [2.05, 4.69) is 15.8 Å². The Morgan fingerprint density at radius 3 is 2.53 bits per heavy atom. The molecule has 0 bridgehead atoms. The molecule has 4 N–H and O–H groups in total. The number of β-amino-alcohol motifs (C(OH)–C–C–N with tert-alkyl or cyclic N) is 1. The topological polar surface area (TPSA) is 67.8 Å². The number of piperidine rings is 2. The molecule has 0 spiro atoms. The van der Waals surface area contributed by atoms with Crippen LogP contribution in [0.4, 0.5) is 0 Å². The predicted molar refractivity (Wildman–Crippen MR) is 57.2 cm³/mol. The minimum Gasteiger partial charge on any atom is -0.389 e. The molecule has 0 aromatic carbocycles. The van der Waals surface area contributed by atoms with Gasteiger partial charge in [0.15, 0.2) is 0 Å². The summed E-state index contributed by atoms with van der Waals surface area (Å²) in [6.07, 6.45) is 2.42. The van der Waals surface area contributed by atoms with Gasteiger partial charge in [0.1, 0.15) is 0 Å². The maximum absolute atomic E-state index is 9.79. The van der Waals surface area contributed by atoms with Crippen LogP contribution in [-0.4, -0.2) is 59.7 Å². The normalized spacial score (nSPS) is 39.2. The van der Waals surface area contributed by atoms with E-state index in [1.807, 2.05) is 0 Å². The van der Waals surface area contributed by atoms with Crippen molar-refractivity contribution in [1.82, 2.24) is 15.8 Å². The first-order valence-electron chi connectivity index (χ1n) is 5.85. The van der Waals surface area contributed by atoms with Crippen LogP contribution >= 0.6 is 0 Å². The third-order valence-corrected chi connectivity index (χ3v) is 3.23. The molecule has 0 radical (unpaired) electrons. The highest BCUT2D eigenvalue weighted by atomic mass is 16.3. The molecule has 88 valence electrons. The van der Waals surface area contributed by atoms with Crippen molar-refractivity contribution < 1.29 is 10.2 Å². The summed E-state index contributed by atoms with van der Waals surface area (Å²) in [5.74, 6) is 0. The zero-order valence-corrected chi connectivity index (χ0v) is 9.02. The summed E-state index contributed by atoms with van der Waals surface area (Å²) >= 11 is 0. The first-order chi connectivity index (χ1) is 7.27. The first kappa shape index (κ1) is 11.3. The first-order valence-corrected chi connectivity index (χ1v) is 5.85. The van der Waals surface area contributed by atoms with Crippen molar-refractivity contribution in [2.45, 2.75) is 37.5 Å². The quantitative estimate of drug-likeness (QED) is 0.460. The molecule has 2 saturated heterocycles. The molecule has 0 aromatic rings. The number of hydrogen-bond acceptors (Lipinski definition) is 5. The van der Waals surface area contributed by atoms with Crippen LogP contribution < -0.4 is 10.7 Å². The predicted octanol–water partition coefficient (Wildman–Crippen LogP) is -1.33. The van der Waals surface area contributed by atoms with Crippen molar-refractivity contribution in [3.05, 3.63) is 0 Å². The van der Waals surface area contributed by atoms with Crippen LogP contribution in [0, 0.1) is 0 Å². The van der Waals surface area contributed by atoms with Gasteiger partial charge in [0.05, 0.1) is 18.2 Å². The summed E-state index contributed by atoms with van der Waals surface area (Å²) in [7, 11) is 0. The van der Waals surface area contributed by atoms with E-state index in [9.17, 15) is 10.2 Å². The number of nitrogens with one attached hydrogen (secondary N) is 2. The third kappa shape index (κ3) is 2.89. The van der Waals surface area contributed by atoms with E-state index in [0.717, 1.165) is 13.1 Å². The number of nitrogens with zero attached hydrogens (tertiary/aromatic N) is 1. The van der Waals surface area contributed by atoms with E-state index < -0.39 is 12.2 Å². The minimum absolute atomic E-state index is 0.0631. The average Bonchev–Trinajstić information content (AvgIpc) is 2.26. The lowest BCUT2D eigenvalue weighted by molar-refractivity contribution is -0.0421. The fraction of sp³-hybridized carbons (Fsp3) is 1.00. The fourth-order valence-corrected chi connectivity index (χ4v) is 2.28. The summed E-state index contributed by atoms with van der Waals surface area (Å²) in [4.78, 5) is 0. The van der Waals surface area contributed by atoms with Gasteiger partial charge < -0.3 is 15.5 Å². The number of aliphatic hydroxyl groups is 2. The fourth-order valence-electron chi connectivity index (χ4n) is 2.28. The lowest BCUT2D eigenvalue weighted by Crippen LogP contribution is -2.63. The maximum Gasteiger partial charge on any atom is 0.0990 e. The Morgan fingerprint density at radius 1 is 1.07 bits per heavy atom. The highest BCUT2D eigenvalue weighted by Gasteiger charge is 2.31. The number of hydrazine groups is 1. The molecule has 0 saturated carbocycles. The van der Waals surface area contributed by atoms with Crippen LogP contribution in [-0.2, 0) is 0 Å². The van der Waals surface area contributed by atoms with Gasteiger partial charge in [0.2, 0.25) is 0 Å². The van der Waals surface area contributed by atoms with Crippen molar-refractivity contribution in [3.8, 4) is 0 Å². The van der Waals surface area contributed by atoms with Crippen LogP contribution in [0.25, 0.3) is 0 Å². The highest BCUT2D eigenvalue weighted by molar-refractivity contribution is 4.88. The molecule has 2 fully saturated rings. The molecule has 2 rings (SSSR count). The molecule has 2 heterocycles. The summed E-state index contributed by atoms with van der Waals surface area (Å²) in [5.41, 5.74) is 3.30. The Kier molecular flexibility index (Phi) is 3.93. The van der Waals surface area contributed by atoms with E-state index >= 15 is 0 Å². The zero-order valence-electron chi connectivity index (χ0n) is 9.02. The van der Waals surface area contributed by atoms with Crippen LogP contribution in [0.5, 0.6) is 0 Å². The minimum atomic E-state index is -0.659. The van der Waals surface area contributed by atoms with Crippen molar-refractivity contribution >= 4 is 0 Å². The Morgan fingerprint density at radius 2 is 1.80 bits per heavy atom. The van der Waals surface area contributed by atoms with Gasteiger partial charge >= 0.3 is 0 Å². The van der Waals surface area contributed by atoms with E-state index in [4.69, 9.17) is 0 Å². The smallest absolute Gasteiger partial charge is 0.0990 e. The largest absolute Gasteiger partial charge is 0.389 e. The molecule has 0 amide bonds. The monoisotopic (exact) mass is 215 g/mol. The molecule has 0 unspecified atom stereocenters. The van der Waals surface area contributed by atoms with Gasteiger partial charge in [0.25, 0.3) is 0 Å². The molecule has 2 aliphatic rings. The summed E-state index contributed by atoms with van der Waals surface area (Å²) in [6, 6.07) is -0.0631. The lowest BCUT2D eigenvalue weighted by atomic mass is 10.0. The molecule has 0 aromatic heterocycles. The van der Waals surface area contributed by atoms with E-state index in [1.165, 1.54) is 19.3 Å². The second-order valence-corrected chi connectivity index (χ2v) is 4.50. The Balaban J connectivity index is 1.81. The SMILES string of the molecule is O[C@@H]1[C@H](O)CNC[C@@H]1NN1CCCCC1. The van der Waals surface area contributed by atoms with Crippen molar-refractivity contribution in [2.75, 3.05) is 26.2 Å². The average molecular weight is 215 g/mol. The highest BCUT2D eigenvalue weighted by Crippen LogP contribution is 2.09. The summed E-state index contributed by atoms with van der Waals surface area (Å²) in [6.45, 7) is 3.28. The van der Waals surface area contributed by atoms with Gasteiger partial charge in [-0.1, -0.05) is 6.42 Å². The van der Waals surface area contributed by atoms with Gasteiger partial charge in [-0.05, 0) is 12.8 Å². The second kappa shape index (κ2) is 5.23. The summed E-state index contributed by atoms with van der Waals surface area (Å²) < 4.78 is 0. The van der Waals surface area contributed by atoms with Crippen LogP contribution in [0.15, 0.2) is 0 Å². The Labute approximate surface area is 90.4 Å². The third-order valence-electron chi connectivity index (χ3n) is 3.23. The standard InChI is InChI=1S/C10H21N3O2/c14-9-7-11-6-8(10(9)15)12-13-4-2-1-3-5-13/h8-12,14-15H,1-7H2/t8-,9+,10-/m0/s1. The number of aliphatic hydroxyl groups excluding tert-OH is 2. The van der Waals surface area contributed by atoms with Crippen LogP contribution in [0.2, 0.25) is 0 Å². The lowest BCUT2D eigenvalue weighted by Gasteiger charge is -2.38. The summed E-state index contributed by atoms with van der Waals surface area (Å²) in [5, 5.41) is 24.6. The molecule has 15 heavy (non-hydrogen) atoms. The molecular formula is C10H21N3O2. The number of hydrogen-bond donors (Lipinski definition) is 4. The molecule has 5 nitrogen and oxygen atoms in total. The van der Waals surface area contributed by atoms with E-state index in [0.29, 0.717) is 13.1 Å². The molecular weight excluding hydrogens is 194 g/mol. The van der Waals surface area contributed by atoms with Crippen molar-refractivity contribution in [1.29, 1.82) is 0 Å². The van der Waals surface area contributed by atoms with Crippen LogP contribution in [0.3, 0.4) is 0 Å². The Bertz CT molecular complexity index is 197. The molecule has 5 heteroatoms. The van der Waals surface area contributed by atoms with Crippen LogP contribution in [0.1, 0.15) is 19.3 Å². The second-order valence-electron chi connectivity index (χ2n) is 4.50. The van der Waals surface area contributed by atoms with E-state index in [-0.39, 0.29) is 6.04 Å². The van der Waals surface area contributed by atoms with Gasteiger partial charge in [0, 0.05) is 26.2 Å². The van der Waals surface area contributed by atoms with E-state index in [1.54, 1.807) is 0 Å². The van der Waals surface area contributed by atoms with Gasteiger partial charge in [-0.2, -0.15) is 0 Å². The van der Waals surface area contributed by atoms with Gasteiger partial charge in [-0.25, -0.2) is 10.4 Å². The molecule has 0 aliphatic carbocycles. The Hall–Kier alpha value is -0.200. The van der Waals surface area contributed by atoms with Crippen molar-refractivity contribution in [3.63, 3.8) is 0 Å². The van der Waals surface area contributed by atoms with Crippen molar-refractivity contribution in [2.24, 2.45) is 0 Å². The van der Waals surface area contributed by atoms with Gasteiger partial charge in [-0.3, -0.25) is 0 Å². The maximum atomic E-state index is 9.79. The molecule has 3 atom stereocenters. The zero-order chi connectivity index (χ0) is 10.7. The number of rotatable bonds is 2. The van der Waals surface area contributed by atoms with Gasteiger partial charge in [-0.15, -0.1) is 0 Å².